The summed E-state index contributed by atoms with van der Waals surface area (Å²) in [5, 5.41) is 11.7. The first-order chi connectivity index (χ1) is 11.3. The third kappa shape index (κ3) is 4.41. The minimum absolute atomic E-state index is 0.146. The summed E-state index contributed by atoms with van der Waals surface area (Å²) in [5.74, 6) is -1.49. The van der Waals surface area contributed by atoms with Gasteiger partial charge in [0.05, 0.1) is 12.0 Å². The zero-order valence-corrected chi connectivity index (χ0v) is 13.7. The van der Waals surface area contributed by atoms with Crippen molar-refractivity contribution in [2.45, 2.75) is 25.7 Å². The van der Waals surface area contributed by atoms with Crippen molar-refractivity contribution in [3.63, 3.8) is 0 Å². The Morgan fingerprint density at radius 3 is 2.29 bits per heavy atom. The molecule has 0 fully saturated rings. The van der Waals surface area contributed by atoms with Gasteiger partial charge in [-0.05, 0) is 29.3 Å². The van der Waals surface area contributed by atoms with Crippen LogP contribution in [0.4, 0.5) is 4.39 Å². The molecule has 0 unspecified atom stereocenters. The van der Waals surface area contributed by atoms with Crippen molar-refractivity contribution in [1.82, 2.24) is 5.32 Å². The van der Waals surface area contributed by atoms with Crippen LogP contribution in [0.1, 0.15) is 35.3 Å². The summed E-state index contributed by atoms with van der Waals surface area (Å²) in [6.07, 6.45) is 0.146. The summed E-state index contributed by atoms with van der Waals surface area (Å²) in [6, 6.07) is 12.7. The van der Waals surface area contributed by atoms with Gasteiger partial charge in [0, 0.05) is 12.0 Å². The van der Waals surface area contributed by atoms with Crippen LogP contribution in [0, 0.1) is 5.82 Å². The van der Waals surface area contributed by atoms with Gasteiger partial charge in [0.25, 0.3) is 0 Å². The molecule has 1 amide bonds. The number of amides is 1. The van der Waals surface area contributed by atoms with Crippen LogP contribution in [0.5, 0.6) is 0 Å². The first kappa shape index (κ1) is 17.7. The van der Waals surface area contributed by atoms with E-state index in [2.05, 4.69) is 5.32 Å². The van der Waals surface area contributed by atoms with Gasteiger partial charge in [-0.2, -0.15) is 0 Å². The number of carbonyl (C=O) groups is 2. The zero-order valence-electron chi connectivity index (χ0n) is 13.7. The van der Waals surface area contributed by atoms with E-state index < -0.39 is 11.4 Å². The van der Waals surface area contributed by atoms with Crippen LogP contribution in [0.3, 0.4) is 0 Å². The number of carboxylic acid groups (broad SMARTS) is 1. The Morgan fingerprint density at radius 1 is 1.08 bits per heavy atom. The molecule has 0 atom stereocenters. The van der Waals surface area contributed by atoms with Crippen molar-refractivity contribution < 1.29 is 19.1 Å². The molecule has 4 nitrogen and oxygen atoms in total. The van der Waals surface area contributed by atoms with Crippen LogP contribution in [0.25, 0.3) is 0 Å². The van der Waals surface area contributed by atoms with Gasteiger partial charge < -0.3 is 10.4 Å². The average molecular weight is 329 g/mol. The van der Waals surface area contributed by atoms with Gasteiger partial charge in [-0.1, -0.05) is 44.2 Å². The smallest absolute Gasteiger partial charge is 0.335 e. The van der Waals surface area contributed by atoms with E-state index in [1.165, 1.54) is 18.2 Å². The Balaban J connectivity index is 1.95. The van der Waals surface area contributed by atoms with E-state index >= 15 is 0 Å². The number of nitrogens with one attached hydrogen (secondary N) is 1. The van der Waals surface area contributed by atoms with Gasteiger partial charge in [0.1, 0.15) is 5.82 Å². The molecule has 24 heavy (non-hydrogen) atoms. The largest absolute Gasteiger partial charge is 0.478 e. The maximum atomic E-state index is 13.9. The van der Waals surface area contributed by atoms with E-state index in [1.807, 2.05) is 13.8 Å². The number of aromatic carboxylic acids is 1. The van der Waals surface area contributed by atoms with Crippen LogP contribution in [-0.4, -0.2) is 23.5 Å². The number of carbonyl (C=O) groups excluding carboxylic acids is 1. The summed E-state index contributed by atoms with van der Waals surface area (Å²) in [7, 11) is 0. The lowest BCUT2D eigenvalue weighted by molar-refractivity contribution is -0.120. The standard InChI is InChI=1S/C19H20FNO3/c1-19(2,15-5-3-4-6-16(15)20)12-21-17(22)11-13-7-9-14(10-8-13)18(23)24/h3-10H,11-12H2,1-2H3,(H,21,22)(H,23,24). The molecule has 2 aromatic carbocycles. The van der Waals surface area contributed by atoms with Crippen molar-refractivity contribution in [1.29, 1.82) is 0 Å². The minimum Gasteiger partial charge on any atom is -0.478 e. The lowest BCUT2D eigenvalue weighted by Crippen LogP contribution is -2.37. The highest BCUT2D eigenvalue weighted by atomic mass is 19.1. The molecule has 0 saturated heterocycles. The number of carboxylic acids is 1. The fourth-order valence-electron chi connectivity index (χ4n) is 2.44. The predicted octanol–water partition coefficient (Wildman–Crippen LogP) is 3.16. The van der Waals surface area contributed by atoms with Gasteiger partial charge in [-0.15, -0.1) is 0 Å². The Bertz CT molecular complexity index is 739. The van der Waals surface area contributed by atoms with E-state index in [-0.39, 0.29) is 23.7 Å². The maximum absolute atomic E-state index is 13.9. The molecule has 0 heterocycles. The Labute approximate surface area is 140 Å². The van der Waals surface area contributed by atoms with Gasteiger partial charge in [-0.3, -0.25) is 4.79 Å². The van der Waals surface area contributed by atoms with Crippen molar-refractivity contribution in [2.24, 2.45) is 0 Å². The van der Waals surface area contributed by atoms with E-state index in [9.17, 15) is 14.0 Å². The highest BCUT2D eigenvalue weighted by molar-refractivity contribution is 5.87. The van der Waals surface area contributed by atoms with Crippen LogP contribution < -0.4 is 5.32 Å². The average Bonchev–Trinajstić information content (AvgIpc) is 2.54. The molecule has 0 aliphatic heterocycles. The monoisotopic (exact) mass is 329 g/mol. The number of hydrogen-bond acceptors (Lipinski definition) is 2. The normalized spacial score (nSPS) is 11.1. The Hall–Kier alpha value is -2.69. The van der Waals surface area contributed by atoms with Crippen molar-refractivity contribution >= 4 is 11.9 Å². The van der Waals surface area contributed by atoms with Crippen LogP contribution in [-0.2, 0) is 16.6 Å². The second-order valence-corrected chi connectivity index (χ2v) is 6.32. The summed E-state index contributed by atoms with van der Waals surface area (Å²) < 4.78 is 13.9. The van der Waals surface area contributed by atoms with E-state index in [0.29, 0.717) is 12.1 Å². The SMILES string of the molecule is CC(C)(CNC(=O)Cc1ccc(C(=O)O)cc1)c1ccccc1F. The third-order valence-corrected chi connectivity index (χ3v) is 3.90. The predicted molar refractivity (Wildman–Crippen MR) is 89.5 cm³/mol. The highest BCUT2D eigenvalue weighted by Crippen LogP contribution is 2.24. The summed E-state index contributed by atoms with van der Waals surface area (Å²) in [4.78, 5) is 22.9. The molecule has 5 heteroatoms. The van der Waals surface area contributed by atoms with E-state index in [1.54, 1.807) is 30.3 Å². The molecule has 0 aliphatic rings. The molecule has 0 bridgehead atoms. The van der Waals surface area contributed by atoms with Crippen LogP contribution in [0.2, 0.25) is 0 Å². The minimum atomic E-state index is -1.00. The molecule has 2 aromatic rings. The van der Waals surface area contributed by atoms with E-state index in [0.717, 1.165) is 5.56 Å². The van der Waals surface area contributed by atoms with Crippen molar-refractivity contribution in [2.75, 3.05) is 6.54 Å². The maximum Gasteiger partial charge on any atom is 0.335 e. The number of benzene rings is 2. The molecule has 0 saturated carbocycles. The van der Waals surface area contributed by atoms with E-state index in [4.69, 9.17) is 5.11 Å². The first-order valence-electron chi connectivity index (χ1n) is 7.63. The Kier molecular flexibility index (Phi) is 5.34. The second kappa shape index (κ2) is 7.25. The quantitative estimate of drug-likeness (QED) is 0.855. The number of hydrogen-bond donors (Lipinski definition) is 2. The molecule has 2 N–H and O–H groups in total. The van der Waals surface area contributed by atoms with Crippen LogP contribution in [0.15, 0.2) is 48.5 Å². The van der Waals surface area contributed by atoms with Gasteiger partial charge in [0.2, 0.25) is 5.91 Å². The fourth-order valence-corrected chi connectivity index (χ4v) is 2.44. The zero-order chi connectivity index (χ0) is 17.7. The van der Waals surface area contributed by atoms with Crippen molar-refractivity contribution in [3.8, 4) is 0 Å². The fraction of sp³-hybridized carbons (Fsp3) is 0.263. The van der Waals surface area contributed by atoms with Crippen LogP contribution >= 0.6 is 0 Å². The molecule has 0 radical (unpaired) electrons. The number of rotatable bonds is 6. The Morgan fingerprint density at radius 2 is 1.71 bits per heavy atom. The molecular formula is C19H20FNO3. The highest BCUT2D eigenvalue weighted by Gasteiger charge is 2.24. The molecular weight excluding hydrogens is 309 g/mol. The molecule has 126 valence electrons. The van der Waals surface area contributed by atoms with Gasteiger partial charge in [-0.25, -0.2) is 9.18 Å². The molecule has 0 aromatic heterocycles. The second-order valence-electron chi connectivity index (χ2n) is 6.32. The van der Waals surface area contributed by atoms with Gasteiger partial charge >= 0.3 is 5.97 Å². The summed E-state index contributed by atoms with van der Waals surface area (Å²) in [6.45, 7) is 4.04. The molecule has 2 rings (SSSR count). The van der Waals surface area contributed by atoms with Crippen molar-refractivity contribution in [3.05, 3.63) is 71.0 Å². The third-order valence-electron chi connectivity index (χ3n) is 3.90. The summed E-state index contributed by atoms with van der Waals surface area (Å²) >= 11 is 0. The summed E-state index contributed by atoms with van der Waals surface area (Å²) in [5.41, 5.74) is 0.922. The number of halogens is 1. The molecule has 0 spiro atoms. The van der Waals surface area contributed by atoms with Gasteiger partial charge in [0.15, 0.2) is 0 Å². The lowest BCUT2D eigenvalue weighted by Gasteiger charge is -2.26. The molecule has 0 aliphatic carbocycles. The first-order valence-corrected chi connectivity index (χ1v) is 7.63. The lowest BCUT2D eigenvalue weighted by atomic mass is 9.84. The topological polar surface area (TPSA) is 66.4 Å².